The predicted molar refractivity (Wildman–Crippen MR) is 70.6 cm³/mol. The van der Waals surface area contributed by atoms with Crippen LogP contribution in [0.4, 0.5) is 5.69 Å². The van der Waals surface area contributed by atoms with Crippen molar-refractivity contribution in [1.82, 2.24) is 4.90 Å². The van der Waals surface area contributed by atoms with E-state index in [1.807, 2.05) is 43.0 Å². The summed E-state index contributed by atoms with van der Waals surface area (Å²) in [5, 5.41) is 3.11. The van der Waals surface area contributed by atoms with Crippen LogP contribution >= 0.6 is 15.9 Å². The third-order valence-corrected chi connectivity index (χ3v) is 2.88. The maximum Gasteiger partial charge on any atom is 0.241 e. The first-order chi connectivity index (χ1) is 7.67. The highest BCUT2D eigenvalue weighted by Crippen LogP contribution is 2.15. The van der Waals surface area contributed by atoms with Gasteiger partial charge in [-0.15, -0.1) is 0 Å². The number of nitrogens with one attached hydrogen (secondary N) is 1. The zero-order valence-corrected chi connectivity index (χ0v) is 11.3. The topological polar surface area (TPSA) is 32.3 Å². The van der Waals surface area contributed by atoms with Crippen molar-refractivity contribution in [2.75, 3.05) is 25.0 Å². The molecule has 0 unspecified atom stereocenters. The summed E-state index contributed by atoms with van der Waals surface area (Å²) in [5.41, 5.74) is 0.954. The van der Waals surface area contributed by atoms with Crippen LogP contribution < -0.4 is 5.32 Å². The van der Waals surface area contributed by atoms with E-state index in [0.29, 0.717) is 6.54 Å². The van der Waals surface area contributed by atoms with Crippen molar-refractivity contribution in [1.29, 1.82) is 0 Å². The van der Waals surface area contributed by atoms with Crippen LogP contribution in [0.25, 0.3) is 0 Å². The first-order valence-electron chi connectivity index (χ1n) is 5.44. The van der Waals surface area contributed by atoms with Gasteiger partial charge in [0.15, 0.2) is 0 Å². The molecule has 0 aromatic heterocycles. The van der Waals surface area contributed by atoms with Gasteiger partial charge in [-0.2, -0.15) is 0 Å². The van der Waals surface area contributed by atoms with Gasteiger partial charge in [0.25, 0.3) is 0 Å². The molecule has 0 heterocycles. The molecule has 1 rings (SSSR count). The number of likely N-dealkylation sites (N-methyl/N-ethyl adjacent to an activating group) is 1. The maximum atomic E-state index is 11.7. The van der Waals surface area contributed by atoms with Gasteiger partial charge in [0.05, 0.1) is 6.54 Å². The fourth-order valence-electron chi connectivity index (χ4n) is 1.46. The first kappa shape index (κ1) is 13.0. The highest BCUT2D eigenvalue weighted by molar-refractivity contribution is 9.10. The zero-order chi connectivity index (χ0) is 12.0. The van der Waals surface area contributed by atoms with Crippen LogP contribution in [0.1, 0.15) is 13.8 Å². The number of hydrogen-bond donors (Lipinski definition) is 1. The van der Waals surface area contributed by atoms with Crippen molar-refractivity contribution in [3.05, 3.63) is 28.7 Å². The molecule has 16 heavy (non-hydrogen) atoms. The number of carbonyl (C=O) groups is 1. The summed E-state index contributed by atoms with van der Waals surface area (Å²) in [6.07, 6.45) is 0. The summed E-state index contributed by atoms with van der Waals surface area (Å²) >= 11 is 3.39. The van der Waals surface area contributed by atoms with Crippen LogP contribution in [0.2, 0.25) is 0 Å². The molecule has 0 bridgehead atoms. The van der Waals surface area contributed by atoms with E-state index >= 15 is 0 Å². The van der Waals surface area contributed by atoms with Gasteiger partial charge in [0, 0.05) is 23.2 Å². The van der Waals surface area contributed by atoms with Gasteiger partial charge in [0.1, 0.15) is 0 Å². The van der Waals surface area contributed by atoms with E-state index in [2.05, 4.69) is 21.2 Å². The second-order valence-corrected chi connectivity index (χ2v) is 4.35. The van der Waals surface area contributed by atoms with Crippen molar-refractivity contribution in [2.45, 2.75) is 13.8 Å². The lowest BCUT2D eigenvalue weighted by Gasteiger charge is -2.19. The van der Waals surface area contributed by atoms with Gasteiger partial charge < -0.3 is 10.2 Å². The Balaban J connectivity index is 2.48. The van der Waals surface area contributed by atoms with Crippen LogP contribution in [0.15, 0.2) is 28.7 Å². The number of benzene rings is 1. The summed E-state index contributed by atoms with van der Waals surface area (Å²) in [6.45, 7) is 5.84. The Kier molecular flexibility index (Phi) is 5.32. The molecule has 0 saturated heterocycles. The number of carbonyl (C=O) groups excluding carboxylic acids is 1. The lowest BCUT2D eigenvalue weighted by molar-refractivity contribution is -0.128. The molecule has 0 radical (unpaired) electrons. The fraction of sp³-hybridized carbons (Fsp3) is 0.417. The Bertz CT molecular complexity index is 351. The van der Waals surface area contributed by atoms with Crippen LogP contribution in [-0.4, -0.2) is 30.4 Å². The van der Waals surface area contributed by atoms with E-state index in [1.165, 1.54) is 0 Å². The van der Waals surface area contributed by atoms with E-state index < -0.39 is 0 Å². The Hall–Kier alpha value is -1.03. The third-order valence-electron chi connectivity index (χ3n) is 2.38. The van der Waals surface area contributed by atoms with E-state index in [4.69, 9.17) is 0 Å². The molecule has 0 atom stereocenters. The van der Waals surface area contributed by atoms with Gasteiger partial charge >= 0.3 is 0 Å². The Morgan fingerprint density at radius 1 is 1.38 bits per heavy atom. The number of hydrogen-bond acceptors (Lipinski definition) is 2. The van der Waals surface area contributed by atoms with Crippen molar-refractivity contribution >= 4 is 27.5 Å². The molecule has 4 heteroatoms. The maximum absolute atomic E-state index is 11.7. The van der Waals surface area contributed by atoms with Crippen molar-refractivity contribution < 1.29 is 4.79 Å². The van der Waals surface area contributed by atoms with Gasteiger partial charge in [-0.05, 0) is 32.0 Å². The van der Waals surface area contributed by atoms with E-state index in [9.17, 15) is 4.79 Å². The number of amides is 1. The normalized spacial score (nSPS) is 9.94. The average Bonchev–Trinajstić information content (AvgIpc) is 2.28. The lowest BCUT2D eigenvalue weighted by atomic mass is 10.3. The summed E-state index contributed by atoms with van der Waals surface area (Å²) in [7, 11) is 0. The zero-order valence-electron chi connectivity index (χ0n) is 9.66. The molecule has 1 N–H and O–H groups in total. The van der Waals surface area contributed by atoms with Gasteiger partial charge in [-0.25, -0.2) is 0 Å². The second-order valence-electron chi connectivity index (χ2n) is 3.43. The SMILES string of the molecule is CCN(CC)C(=O)CNc1cccc(Br)c1. The Labute approximate surface area is 105 Å². The predicted octanol–water partition coefficient (Wildman–Crippen LogP) is 2.73. The summed E-state index contributed by atoms with van der Waals surface area (Å²) in [5.74, 6) is 0.130. The molecule has 0 aliphatic rings. The van der Waals surface area contributed by atoms with Crippen molar-refractivity contribution in [3.63, 3.8) is 0 Å². The van der Waals surface area contributed by atoms with E-state index in [1.54, 1.807) is 0 Å². The number of nitrogens with zero attached hydrogens (tertiary/aromatic N) is 1. The summed E-state index contributed by atoms with van der Waals surface area (Å²) in [4.78, 5) is 13.5. The smallest absolute Gasteiger partial charge is 0.241 e. The number of rotatable bonds is 5. The highest BCUT2D eigenvalue weighted by Gasteiger charge is 2.08. The number of halogens is 1. The molecule has 88 valence electrons. The van der Waals surface area contributed by atoms with Crippen molar-refractivity contribution in [3.8, 4) is 0 Å². The Morgan fingerprint density at radius 3 is 2.62 bits per heavy atom. The van der Waals surface area contributed by atoms with Crippen LogP contribution in [-0.2, 0) is 4.79 Å². The van der Waals surface area contributed by atoms with Gasteiger partial charge in [-0.1, -0.05) is 22.0 Å². The standard InChI is InChI=1S/C12H17BrN2O/c1-3-15(4-2)12(16)9-14-11-7-5-6-10(13)8-11/h5-8,14H,3-4,9H2,1-2H3. The monoisotopic (exact) mass is 284 g/mol. The highest BCUT2D eigenvalue weighted by atomic mass is 79.9. The second kappa shape index (κ2) is 6.53. The van der Waals surface area contributed by atoms with E-state index in [0.717, 1.165) is 23.2 Å². The molecule has 0 aliphatic heterocycles. The summed E-state index contributed by atoms with van der Waals surface area (Å²) in [6, 6.07) is 7.79. The molecular formula is C12H17BrN2O. The third kappa shape index (κ3) is 3.85. The minimum absolute atomic E-state index is 0.130. The molecule has 0 saturated carbocycles. The Morgan fingerprint density at radius 2 is 2.06 bits per heavy atom. The molecule has 1 amide bonds. The fourth-order valence-corrected chi connectivity index (χ4v) is 1.86. The van der Waals surface area contributed by atoms with Crippen molar-refractivity contribution in [2.24, 2.45) is 0 Å². The molecule has 0 fully saturated rings. The molecule has 1 aromatic rings. The molecule has 1 aromatic carbocycles. The minimum atomic E-state index is 0.130. The molecular weight excluding hydrogens is 268 g/mol. The quantitative estimate of drug-likeness (QED) is 0.902. The van der Waals surface area contributed by atoms with E-state index in [-0.39, 0.29) is 5.91 Å². The van der Waals surface area contributed by atoms with Crippen LogP contribution in [0.5, 0.6) is 0 Å². The molecule has 0 spiro atoms. The minimum Gasteiger partial charge on any atom is -0.376 e. The largest absolute Gasteiger partial charge is 0.376 e. The summed E-state index contributed by atoms with van der Waals surface area (Å²) < 4.78 is 1.01. The molecule has 3 nitrogen and oxygen atoms in total. The number of anilines is 1. The van der Waals surface area contributed by atoms with Gasteiger partial charge in [0.2, 0.25) is 5.91 Å². The first-order valence-corrected chi connectivity index (χ1v) is 6.23. The average molecular weight is 285 g/mol. The van der Waals surface area contributed by atoms with Crippen LogP contribution in [0, 0.1) is 0 Å². The van der Waals surface area contributed by atoms with Crippen LogP contribution in [0.3, 0.4) is 0 Å². The molecule has 0 aliphatic carbocycles. The lowest BCUT2D eigenvalue weighted by Crippen LogP contribution is -2.35. The van der Waals surface area contributed by atoms with Gasteiger partial charge in [-0.3, -0.25) is 4.79 Å².